The van der Waals surface area contributed by atoms with E-state index in [2.05, 4.69) is 4.90 Å². The molecule has 10 heteroatoms. The van der Waals surface area contributed by atoms with Gasteiger partial charge >= 0.3 is 5.97 Å². The number of carbonyl (C=O) groups is 1. The van der Waals surface area contributed by atoms with Crippen LogP contribution in [0.3, 0.4) is 0 Å². The predicted octanol–water partition coefficient (Wildman–Crippen LogP) is 6.70. The van der Waals surface area contributed by atoms with Crippen LogP contribution in [0.1, 0.15) is 49.3 Å². The number of hydrogen-bond donors (Lipinski definition) is 3. The minimum atomic E-state index is -0.948. The van der Waals surface area contributed by atoms with E-state index in [1.807, 2.05) is 18.2 Å². The number of halogens is 2. The summed E-state index contributed by atoms with van der Waals surface area (Å²) in [6.45, 7) is 1.61. The lowest BCUT2D eigenvalue weighted by atomic mass is 9.98. The van der Waals surface area contributed by atoms with Crippen LogP contribution in [-0.2, 0) is 17.9 Å². The molecule has 2 aromatic carbocycles. The molecule has 0 spiro atoms. The number of aromatic hydroxyl groups is 2. The fraction of sp³-hybridized carbons (Fsp3) is 0.414. The molecule has 0 aliphatic heterocycles. The summed E-state index contributed by atoms with van der Waals surface area (Å²) in [6, 6.07) is 12.8. The van der Waals surface area contributed by atoms with Crippen LogP contribution >= 0.6 is 23.4 Å². The maximum absolute atomic E-state index is 14.4. The van der Waals surface area contributed by atoms with Gasteiger partial charge in [-0.05, 0) is 54.2 Å². The summed E-state index contributed by atoms with van der Waals surface area (Å²) >= 11 is 7.46. The van der Waals surface area contributed by atoms with Gasteiger partial charge in [0.05, 0.1) is 18.6 Å². The first-order valence-electron chi connectivity index (χ1n) is 13.0. The number of carboxylic acid groups (broad SMARTS) is 1. The lowest BCUT2D eigenvalue weighted by molar-refractivity contribution is -0.138. The van der Waals surface area contributed by atoms with Gasteiger partial charge in [0.15, 0.2) is 11.8 Å². The number of ether oxygens (including phenoxy) is 1. The Kier molecular flexibility index (Phi) is 10.0. The monoisotopic (exact) mass is 576 g/mol. The van der Waals surface area contributed by atoms with Gasteiger partial charge in [0.1, 0.15) is 11.6 Å². The molecule has 0 amide bonds. The number of aliphatic carboxylic acids is 1. The van der Waals surface area contributed by atoms with Gasteiger partial charge < -0.3 is 20.1 Å². The molecule has 1 aromatic heterocycles. The molecule has 0 bridgehead atoms. The van der Waals surface area contributed by atoms with Crippen molar-refractivity contribution >= 4 is 29.3 Å². The standard InChI is InChI=1S/C29H34ClFN2O5S/c1-38-25-14-20(6-9-26(25)39-13-12-33-27(34)10-11-28(33)35)18-32(17-19-4-2-3-5-19)24(16-29(36)37)21-7-8-22(30)23(31)15-21/h6-11,14-15,19,24,34-35H,2-5,12-13,16-18H2,1H3,(H,36,37). The van der Waals surface area contributed by atoms with Gasteiger partial charge in [-0.3, -0.25) is 14.3 Å². The van der Waals surface area contributed by atoms with Crippen molar-refractivity contribution in [2.45, 2.75) is 56.1 Å². The second-order valence-electron chi connectivity index (χ2n) is 9.90. The third kappa shape index (κ3) is 7.62. The molecule has 0 radical (unpaired) electrons. The molecule has 3 aromatic rings. The number of hydrogen-bond acceptors (Lipinski definition) is 6. The van der Waals surface area contributed by atoms with Gasteiger partial charge in [0.25, 0.3) is 0 Å². The van der Waals surface area contributed by atoms with Gasteiger partial charge in [-0.2, -0.15) is 0 Å². The molecule has 1 fully saturated rings. The van der Waals surface area contributed by atoms with E-state index in [1.165, 1.54) is 28.8 Å². The Labute approximate surface area is 237 Å². The van der Waals surface area contributed by atoms with Crippen molar-refractivity contribution in [3.63, 3.8) is 0 Å². The molecule has 1 unspecified atom stereocenters. The Hall–Kier alpha value is -2.88. The summed E-state index contributed by atoms with van der Waals surface area (Å²) in [4.78, 5) is 15.0. The Morgan fingerprint density at radius 2 is 1.87 bits per heavy atom. The van der Waals surface area contributed by atoms with Crippen LogP contribution in [0.2, 0.25) is 5.02 Å². The third-order valence-electron chi connectivity index (χ3n) is 7.23. The van der Waals surface area contributed by atoms with E-state index in [0.29, 0.717) is 42.6 Å². The molecular formula is C29H34ClFN2O5S. The Bertz CT molecular complexity index is 1260. The van der Waals surface area contributed by atoms with E-state index in [4.69, 9.17) is 16.3 Å². The zero-order valence-electron chi connectivity index (χ0n) is 21.9. The normalized spacial score (nSPS) is 14.7. The van der Waals surface area contributed by atoms with Gasteiger partial charge in [-0.1, -0.05) is 36.6 Å². The molecule has 1 atom stereocenters. The van der Waals surface area contributed by atoms with E-state index in [0.717, 1.165) is 36.1 Å². The first-order valence-corrected chi connectivity index (χ1v) is 14.4. The highest BCUT2D eigenvalue weighted by Gasteiger charge is 2.28. The van der Waals surface area contributed by atoms with Crippen LogP contribution in [0.5, 0.6) is 17.5 Å². The second-order valence-corrected chi connectivity index (χ2v) is 11.4. The van der Waals surface area contributed by atoms with E-state index in [1.54, 1.807) is 24.9 Å². The lowest BCUT2D eigenvalue weighted by Gasteiger charge is -2.33. The molecule has 7 nitrogen and oxygen atoms in total. The maximum Gasteiger partial charge on any atom is 0.305 e. The lowest BCUT2D eigenvalue weighted by Crippen LogP contribution is -2.34. The number of nitrogens with zero attached hydrogens (tertiary/aromatic N) is 2. The number of carboxylic acids is 1. The quantitative estimate of drug-likeness (QED) is 0.195. The number of thioether (sulfide) groups is 1. The average molecular weight is 577 g/mol. The minimum absolute atomic E-state index is 0.00857. The van der Waals surface area contributed by atoms with Gasteiger partial charge in [-0.15, -0.1) is 11.8 Å². The summed E-state index contributed by atoms with van der Waals surface area (Å²) in [5.74, 6) is 0.250. The number of rotatable bonds is 13. The number of aromatic nitrogens is 1. The molecule has 3 N–H and O–H groups in total. The largest absolute Gasteiger partial charge is 0.496 e. The average Bonchev–Trinajstić information content (AvgIpc) is 3.54. The van der Waals surface area contributed by atoms with Gasteiger partial charge in [0.2, 0.25) is 0 Å². The fourth-order valence-electron chi connectivity index (χ4n) is 5.26. The van der Waals surface area contributed by atoms with Crippen LogP contribution in [0.25, 0.3) is 0 Å². The summed E-state index contributed by atoms with van der Waals surface area (Å²) in [5.41, 5.74) is 1.55. The van der Waals surface area contributed by atoms with E-state index >= 15 is 0 Å². The van der Waals surface area contributed by atoms with Crippen LogP contribution in [-0.4, -0.2) is 50.2 Å². The minimum Gasteiger partial charge on any atom is -0.496 e. The van der Waals surface area contributed by atoms with E-state index in [-0.39, 0.29) is 23.2 Å². The van der Waals surface area contributed by atoms with E-state index in [9.17, 15) is 24.5 Å². The van der Waals surface area contributed by atoms with Crippen molar-refractivity contribution in [1.29, 1.82) is 0 Å². The first kappa shape index (κ1) is 29.1. The third-order valence-corrected chi connectivity index (χ3v) is 8.57. The highest BCUT2D eigenvalue weighted by molar-refractivity contribution is 7.99. The highest BCUT2D eigenvalue weighted by Crippen LogP contribution is 2.36. The van der Waals surface area contributed by atoms with Crippen molar-refractivity contribution in [3.05, 3.63) is 70.5 Å². The smallest absolute Gasteiger partial charge is 0.305 e. The zero-order chi connectivity index (χ0) is 27.9. The van der Waals surface area contributed by atoms with Crippen LogP contribution < -0.4 is 4.74 Å². The predicted molar refractivity (Wildman–Crippen MR) is 150 cm³/mol. The van der Waals surface area contributed by atoms with Crippen molar-refractivity contribution in [1.82, 2.24) is 9.47 Å². The summed E-state index contributed by atoms with van der Waals surface area (Å²) in [6.07, 6.45) is 4.36. The molecular weight excluding hydrogens is 543 g/mol. The Morgan fingerprint density at radius 3 is 2.51 bits per heavy atom. The van der Waals surface area contributed by atoms with Crippen LogP contribution in [0, 0.1) is 11.7 Å². The molecule has 0 saturated heterocycles. The molecule has 1 aliphatic rings. The van der Waals surface area contributed by atoms with Crippen molar-refractivity contribution in [2.75, 3.05) is 19.4 Å². The second kappa shape index (κ2) is 13.5. The Morgan fingerprint density at radius 1 is 1.15 bits per heavy atom. The molecule has 1 aliphatic carbocycles. The topological polar surface area (TPSA) is 95.2 Å². The van der Waals surface area contributed by atoms with E-state index < -0.39 is 17.8 Å². The first-order chi connectivity index (χ1) is 18.7. The fourth-order valence-corrected chi connectivity index (χ4v) is 6.32. The molecule has 210 valence electrons. The van der Waals surface area contributed by atoms with Crippen LogP contribution in [0.4, 0.5) is 4.39 Å². The SMILES string of the molecule is COc1cc(CN(CC2CCCC2)C(CC(=O)O)c2ccc(Cl)c(F)c2)ccc1SCCn1c(O)ccc1O. The summed E-state index contributed by atoms with van der Waals surface area (Å²) in [5, 5.41) is 29.5. The molecule has 1 saturated carbocycles. The van der Waals surface area contributed by atoms with Crippen molar-refractivity contribution in [2.24, 2.45) is 5.92 Å². The highest BCUT2D eigenvalue weighted by atomic mass is 35.5. The molecule has 39 heavy (non-hydrogen) atoms. The molecule has 4 rings (SSSR count). The van der Waals surface area contributed by atoms with Crippen molar-refractivity contribution in [3.8, 4) is 17.5 Å². The van der Waals surface area contributed by atoms with Crippen LogP contribution in [0.15, 0.2) is 53.4 Å². The number of benzene rings is 2. The maximum atomic E-state index is 14.4. The zero-order valence-corrected chi connectivity index (χ0v) is 23.4. The summed E-state index contributed by atoms with van der Waals surface area (Å²) in [7, 11) is 1.60. The summed E-state index contributed by atoms with van der Waals surface area (Å²) < 4.78 is 21.5. The van der Waals surface area contributed by atoms with Crippen molar-refractivity contribution < 1.29 is 29.2 Å². The number of methoxy groups -OCH3 is 1. The van der Waals surface area contributed by atoms with Gasteiger partial charge in [-0.25, -0.2) is 4.39 Å². The molecule has 1 heterocycles. The van der Waals surface area contributed by atoms with Gasteiger partial charge in [0, 0.05) is 48.5 Å². The Balaban J connectivity index is 1.55.